The Balaban J connectivity index is 1.83. The number of amides is 1. The van der Waals surface area contributed by atoms with Gasteiger partial charge in [-0.3, -0.25) is 4.79 Å². The number of methoxy groups -OCH3 is 1. The summed E-state index contributed by atoms with van der Waals surface area (Å²) in [6.07, 6.45) is 1.60. The predicted octanol–water partition coefficient (Wildman–Crippen LogP) is 1.93. The smallest absolute Gasteiger partial charge is 0.228 e. The maximum atomic E-state index is 13.0. The van der Waals surface area contributed by atoms with Crippen LogP contribution in [-0.2, 0) is 16.1 Å². The van der Waals surface area contributed by atoms with E-state index in [9.17, 15) is 4.79 Å². The molecule has 1 amide bonds. The van der Waals surface area contributed by atoms with Crippen molar-refractivity contribution in [1.29, 1.82) is 0 Å². The minimum Gasteiger partial charge on any atom is -0.384 e. The lowest BCUT2D eigenvalue weighted by molar-refractivity contribution is -0.136. The van der Waals surface area contributed by atoms with Gasteiger partial charge in [0.25, 0.3) is 0 Å². The first-order valence-electron chi connectivity index (χ1n) is 9.10. The SMILES string of the molecule is COCC1(C(=O)NCc2cc(N(C)C)nc3ccccc23)CCNCC1. The van der Waals surface area contributed by atoms with E-state index in [0.717, 1.165) is 48.2 Å². The van der Waals surface area contributed by atoms with E-state index in [1.807, 2.05) is 43.3 Å². The summed E-state index contributed by atoms with van der Waals surface area (Å²) in [4.78, 5) is 19.7. The summed E-state index contributed by atoms with van der Waals surface area (Å²) in [7, 11) is 5.61. The van der Waals surface area contributed by atoms with Crippen LogP contribution in [0.25, 0.3) is 10.9 Å². The highest BCUT2D eigenvalue weighted by Crippen LogP contribution is 2.30. The van der Waals surface area contributed by atoms with E-state index in [0.29, 0.717) is 13.2 Å². The average Bonchev–Trinajstić information content (AvgIpc) is 2.66. The van der Waals surface area contributed by atoms with Crippen molar-refractivity contribution < 1.29 is 9.53 Å². The molecule has 140 valence electrons. The average molecular weight is 356 g/mol. The van der Waals surface area contributed by atoms with Gasteiger partial charge >= 0.3 is 0 Å². The molecule has 26 heavy (non-hydrogen) atoms. The fourth-order valence-electron chi connectivity index (χ4n) is 3.59. The zero-order valence-corrected chi connectivity index (χ0v) is 15.8. The van der Waals surface area contributed by atoms with E-state index in [4.69, 9.17) is 4.74 Å². The van der Waals surface area contributed by atoms with Crippen LogP contribution in [0.2, 0.25) is 0 Å². The molecular weight excluding hydrogens is 328 g/mol. The molecule has 0 spiro atoms. The fourth-order valence-corrected chi connectivity index (χ4v) is 3.59. The lowest BCUT2D eigenvalue weighted by atomic mass is 9.78. The van der Waals surface area contributed by atoms with Crippen LogP contribution in [0, 0.1) is 5.41 Å². The molecule has 0 unspecified atom stereocenters. The quantitative estimate of drug-likeness (QED) is 0.828. The molecule has 0 radical (unpaired) electrons. The minimum atomic E-state index is -0.437. The second-order valence-corrected chi connectivity index (χ2v) is 7.20. The monoisotopic (exact) mass is 356 g/mol. The zero-order valence-electron chi connectivity index (χ0n) is 15.8. The third-order valence-electron chi connectivity index (χ3n) is 5.15. The van der Waals surface area contributed by atoms with Crippen molar-refractivity contribution in [1.82, 2.24) is 15.6 Å². The van der Waals surface area contributed by atoms with E-state index in [2.05, 4.69) is 21.7 Å². The molecule has 2 N–H and O–H groups in total. The van der Waals surface area contributed by atoms with Gasteiger partial charge in [0, 0.05) is 33.1 Å². The van der Waals surface area contributed by atoms with Gasteiger partial charge < -0.3 is 20.3 Å². The molecule has 1 aliphatic heterocycles. The molecule has 0 bridgehead atoms. The Morgan fingerprint density at radius 3 is 2.73 bits per heavy atom. The summed E-state index contributed by atoms with van der Waals surface area (Å²) < 4.78 is 5.37. The Morgan fingerprint density at radius 2 is 2.04 bits per heavy atom. The number of carbonyl (C=O) groups excluding carboxylic acids is 1. The molecule has 0 aliphatic carbocycles. The number of para-hydroxylation sites is 1. The molecule has 2 aromatic rings. The third-order valence-corrected chi connectivity index (χ3v) is 5.15. The third kappa shape index (κ3) is 3.81. The number of hydrogen-bond donors (Lipinski definition) is 2. The summed E-state index contributed by atoms with van der Waals surface area (Å²) in [5, 5.41) is 7.55. The van der Waals surface area contributed by atoms with Crippen molar-refractivity contribution in [2.45, 2.75) is 19.4 Å². The lowest BCUT2D eigenvalue weighted by Crippen LogP contribution is -2.50. The van der Waals surface area contributed by atoms with Crippen molar-refractivity contribution in [3.8, 4) is 0 Å². The largest absolute Gasteiger partial charge is 0.384 e. The van der Waals surface area contributed by atoms with Crippen molar-refractivity contribution >= 4 is 22.6 Å². The van der Waals surface area contributed by atoms with Gasteiger partial charge in [0.05, 0.1) is 17.5 Å². The summed E-state index contributed by atoms with van der Waals surface area (Å²) in [6, 6.07) is 10.1. The standard InChI is InChI=1S/C20H28N4O2/c1-24(2)18-12-15(16-6-4-5-7-17(16)23-18)13-22-19(25)20(14-26-3)8-10-21-11-9-20/h4-7,12,21H,8-11,13-14H2,1-3H3,(H,22,25). The van der Waals surface area contributed by atoms with Gasteiger partial charge in [-0.25, -0.2) is 4.98 Å². The number of anilines is 1. The van der Waals surface area contributed by atoms with Crippen LogP contribution in [0.1, 0.15) is 18.4 Å². The number of nitrogens with zero attached hydrogens (tertiary/aromatic N) is 2. The van der Waals surface area contributed by atoms with Gasteiger partial charge in [-0.1, -0.05) is 18.2 Å². The molecular formula is C20H28N4O2. The molecule has 1 fully saturated rings. The van der Waals surface area contributed by atoms with Crippen LogP contribution >= 0.6 is 0 Å². The van der Waals surface area contributed by atoms with Crippen LogP contribution in [0.15, 0.2) is 30.3 Å². The molecule has 1 aromatic heterocycles. The second kappa shape index (κ2) is 8.01. The van der Waals surface area contributed by atoms with Gasteiger partial charge in [0.2, 0.25) is 5.91 Å². The van der Waals surface area contributed by atoms with E-state index >= 15 is 0 Å². The Morgan fingerprint density at radius 1 is 1.31 bits per heavy atom. The number of fused-ring (bicyclic) bond motifs is 1. The molecule has 2 heterocycles. The first-order chi connectivity index (χ1) is 12.6. The van der Waals surface area contributed by atoms with E-state index in [-0.39, 0.29) is 5.91 Å². The number of nitrogens with one attached hydrogen (secondary N) is 2. The van der Waals surface area contributed by atoms with E-state index in [1.54, 1.807) is 7.11 Å². The number of pyridine rings is 1. The zero-order chi connectivity index (χ0) is 18.6. The Kier molecular flexibility index (Phi) is 5.74. The topological polar surface area (TPSA) is 66.5 Å². The van der Waals surface area contributed by atoms with Crippen LogP contribution in [0.3, 0.4) is 0 Å². The molecule has 0 atom stereocenters. The van der Waals surface area contributed by atoms with Gasteiger partial charge in [0.15, 0.2) is 0 Å². The van der Waals surface area contributed by atoms with E-state index < -0.39 is 5.41 Å². The molecule has 1 saturated heterocycles. The Hall–Kier alpha value is -2.18. The van der Waals surface area contributed by atoms with Crippen LogP contribution in [0.4, 0.5) is 5.82 Å². The molecule has 1 aliphatic rings. The minimum absolute atomic E-state index is 0.0770. The summed E-state index contributed by atoms with van der Waals surface area (Å²) >= 11 is 0. The van der Waals surface area contributed by atoms with Gasteiger partial charge in [0.1, 0.15) is 5.82 Å². The van der Waals surface area contributed by atoms with Gasteiger partial charge in [-0.2, -0.15) is 0 Å². The van der Waals surface area contributed by atoms with Gasteiger partial charge in [-0.05, 0) is 43.6 Å². The first kappa shape index (κ1) is 18.6. The van der Waals surface area contributed by atoms with Gasteiger partial charge in [-0.15, -0.1) is 0 Å². The highest BCUT2D eigenvalue weighted by Gasteiger charge is 2.39. The van der Waals surface area contributed by atoms with E-state index in [1.165, 1.54) is 0 Å². The number of rotatable bonds is 6. The summed E-state index contributed by atoms with van der Waals surface area (Å²) in [6.45, 7) is 2.64. The Bertz CT molecular complexity index is 764. The van der Waals surface area contributed by atoms with Crippen molar-refractivity contribution in [2.24, 2.45) is 5.41 Å². The number of piperidine rings is 1. The number of aromatic nitrogens is 1. The Labute approximate surface area is 154 Å². The fraction of sp³-hybridized carbons (Fsp3) is 0.500. The maximum Gasteiger partial charge on any atom is 0.228 e. The highest BCUT2D eigenvalue weighted by molar-refractivity contribution is 5.86. The molecule has 6 heteroatoms. The molecule has 1 aromatic carbocycles. The summed E-state index contributed by atoms with van der Waals surface area (Å²) in [5.41, 5.74) is 1.58. The van der Waals surface area contributed by atoms with Crippen molar-refractivity contribution in [3.63, 3.8) is 0 Å². The molecule has 3 rings (SSSR count). The summed E-state index contributed by atoms with van der Waals surface area (Å²) in [5.74, 6) is 0.967. The number of carbonyl (C=O) groups is 1. The predicted molar refractivity (Wildman–Crippen MR) is 104 cm³/mol. The van der Waals surface area contributed by atoms with Crippen LogP contribution < -0.4 is 15.5 Å². The van der Waals surface area contributed by atoms with Crippen LogP contribution in [0.5, 0.6) is 0 Å². The number of benzene rings is 1. The van der Waals surface area contributed by atoms with Crippen LogP contribution in [-0.4, -0.2) is 51.8 Å². The highest BCUT2D eigenvalue weighted by atomic mass is 16.5. The number of ether oxygens (including phenoxy) is 1. The molecule has 0 saturated carbocycles. The lowest BCUT2D eigenvalue weighted by Gasteiger charge is -2.35. The first-order valence-corrected chi connectivity index (χ1v) is 9.10. The van der Waals surface area contributed by atoms with Crippen molar-refractivity contribution in [3.05, 3.63) is 35.9 Å². The normalized spacial score (nSPS) is 16.4. The number of hydrogen-bond acceptors (Lipinski definition) is 5. The second-order valence-electron chi connectivity index (χ2n) is 7.20. The molecule has 6 nitrogen and oxygen atoms in total. The maximum absolute atomic E-state index is 13.0. The van der Waals surface area contributed by atoms with Crippen molar-refractivity contribution in [2.75, 3.05) is 45.8 Å².